The molecule has 2 unspecified atom stereocenters. The van der Waals surface area contributed by atoms with E-state index in [0.717, 1.165) is 25.8 Å². The largest absolute Gasteiger partial charge is 0.463 e. The molecule has 0 bridgehead atoms. The van der Waals surface area contributed by atoms with Crippen molar-refractivity contribution in [1.82, 2.24) is 15.1 Å². The number of hydrogen-bond donors (Lipinski definition) is 1. The fraction of sp³-hybridized carbons (Fsp3) is 0.800. The van der Waals surface area contributed by atoms with E-state index >= 15 is 0 Å². The van der Waals surface area contributed by atoms with Crippen molar-refractivity contribution in [1.29, 1.82) is 0 Å². The van der Waals surface area contributed by atoms with Crippen molar-refractivity contribution < 1.29 is 19.1 Å². The summed E-state index contributed by atoms with van der Waals surface area (Å²) in [6.45, 7) is 14.8. The lowest BCUT2D eigenvalue weighted by Crippen LogP contribution is -2.58. The first-order chi connectivity index (χ1) is 14.9. The average molecular weight is 452 g/mol. The van der Waals surface area contributed by atoms with Gasteiger partial charge in [0.05, 0.1) is 18.7 Å². The Kier molecular flexibility index (Phi) is 11.4. The molecule has 1 heterocycles. The number of piperidine rings is 1. The number of nitrogens with one attached hydrogen (secondary N) is 1. The molecule has 0 spiro atoms. The summed E-state index contributed by atoms with van der Waals surface area (Å²) in [6.07, 6.45) is 4.75. The summed E-state index contributed by atoms with van der Waals surface area (Å²) in [7, 11) is 3.73. The molecule has 1 fully saturated rings. The van der Waals surface area contributed by atoms with Gasteiger partial charge in [-0.3, -0.25) is 14.5 Å². The monoisotopic (exact) mass is 451 g/mol. The molecular formula is C25H45N3O4. The normalized spacial score (nSPS) is 21.9. The minimum Gasteiger partial charge on any atom is -0.463 e. The molecule has 7 heteroatoms. The topological polar surface area (TPSA) is 79.0 Å². The Morgan fingerprint density at radius 1 is 1.12 bits per heavy atom. The summed E-state index contributed by atoms with van der Waals surface area (Å²) in [5.74, 6) is 0.0468. The van der Waals surface area contributed by atoms with Gasteiger partial charge in [-0.25, -0.2) is 4.79 Å². The molecule has 1 aliphatic heterocycles. The van der Waals surface area contributed by atoms with Gasteiger partial charge in [-0.05, 0) is 51.5 Å². The molecule has 0 aliphatic carbocycles. The Morgan fingerprint density at radius 2 is 1.75 bits per heavy atom. The molecule has 4 atom stereocenters. The highest BCUT2D eigenvalue weighted by atomic mass is 16.5. The second-order valence-electron chi connectivity index (χ2n) is 9.79. The molecule has 0 radical (unpaired) electrons. The van der Waals surface area contributed by atoms with Gasteiger partial charge in [0.15, 0.2) is 0 Å². The third kappa shape index (κ3) is 7.61. The Bertz CT molecular complexity index is 674. The van der Waals surface area contributed by atoms with E-state index in [-0.39, 0.29) is 41.7 Å². The lowest BCUT2D eigenvalue weighted by molar-refractivity contribution is -0.140. The van der Waals surface area contributed by atoms with Crippen molar-refractivity contribution in [3.8, 4) is 0 Å². The molecule has 1 saturated heterocycles. The number of likely N-dealkylation sites (tertiary alicyclic amines) is 1. The van der Waals surface area contributed by atoms with Gasteiger partial charge in [0.25, 0.3) is 0 Å². The molecule has 0 saturated carbocycles. The lowest BCUT2D eigenvalue weighted by Gasteiger charge is -2.38. The third-order valence-electron chi connectivity index (χ3n) is 6.53. The van der Waals surface area contributed by atoms with E-state index in [1.54, 1.807) is 31.9 Å². The summed E-state index contributed by atoms with van der Waals surface area (Å²) < 4.78 is 5.08. The zero-order valence-corrected chi connectivity index (χ0v) is 21.6. The number of hydrogen-bond acceptors (Lipinski definition) is 5. The van der Waals surface area contributed by atoms with Gasteiger partial charge in [0.2, 0.25) is 11.8 Å². The van der Waals surface area contributed by atoms with Gasteiger partial charge in [-0.15, -0.1) is 0 Å². The first-order valence-electron chi connectivity index (χ1n) is 12.1. The van der Waals surface area contributed by atoms with Gasteiger partial charge < -0.3 is 15.0 Å². The van der Waals surface area contributed by atoms with Crippen molar-refractivity contribution in [3.63, 3.8) is 0 Å². The van der Waals surface area contributed by atoms with E-state index in [1.807, 2.05) is 34.7 Å². The number of ether oxygens (including phenoxy) is 1. The Labute approximate surface area is 194 Å². The smallest absolute Gasteiger partial charge is 0.333 e. The second kappa shape index (κ2) is 13.0. The van der Waals surface area contributed by atoms with Crippen molar-refractivity contribution in [3.05, 3.63) is 11.6 Å². The number of carbonyl (C=O) groups is 3. The highest BCUT2D eigenvalue weighted by Gasteiger charge is 2.35. The summed E-state index contributed by atoms with van der Waals surface area (Å²) in [5.41, 5.74) is 0.477. The average Bonchev–Trinajstić information content (AvgIpc) is 2.73. The number of esters is 1. The van der Waals surface area contributed by atoms with Gasteiger partial charge >= 0.3 is 5.97 Å². The number of rotatable bonds is 10. The fourth-order valence-corrected chi connectivity index (χ4v) is 4.35. The van der Waals surface area contributed by atoms with Crippen LogP contribution < -0.4 is 5.32 Å². The first-order valence-corrected chi connectivity index (χ1v) is 12.1. The molecule has 0 aromatic heterocycles. The van der Waals surface area contributed by atoms with Crippen LogP contribution in [0.2, 0.25) is 0 Å². The number of carbonyl (C=O) groups excluding carboxylic acids is 3. The van der Waals surface area contributed by atoms with E-state index in [2.05, 4.69) is 17.1 Å². The van der Waals surface area contributed by atoms with Gasteiger partial charge in [0.1, 0.15) is 6.04 Å². The maximum absolute atomic E-state index is 13.5. The molecular weight excluding hydrogens is 406 g/mol. The van der Waals surface area contributed by atoms with Crippen molar-refractivity contribution >= 4 is 17.8 Å². The quantitative estimate of drug-likeness (QED) is 0.407. The molecule has 1 aliphatic rings. The summed E-state index contributed by atoms with van der Waals surface area (Å²) >= 11 is 0. The maximum atomic E-state index is 13.5. The molecule has 32 heavy (non-hydrogen) atoms. The van der Waals surface area contributed by atoms with Gasteiger partial charge in [-0.1, -0.05) is 47.1 Å². The van der Waals surface area contributed by atoms with E-state index < -0.39 is 6.04 Å². The maximum Gasteiger partial charge on any atom is 0.333 e. The minimum absolute atomic E-state index is 0.0610. The first kappa shape index (κ1) is 28.1. The number of nitrogens with zero attached hydrogens (tertiary/aromatic N) is 2. The SMILES string of the molecule is CCOC(=O)/C(C)=C/[C@H](C(C)C)N(C)C(=O)C(NC(=O)[C@H]1CCC(CC)CN1C)C(C)C. The van der Waals surface area contributed by atoms with Gasteiger partial charge in [0, 0.05) is 19.2 Å². The van der Waals surface area contributed by atoms with Crippen LogP contribution in [0.25, 0.3) is 0 Å². The summed E-state index contributed by atoms with van der Waals surface area (Å²) in [5, 5.41) is 3.04. The van der Waals surface area contributed by atoms with E-state index in [1.165, 1.54) is 0 Å². The Hall–Kier alpha value is -1.89. The predicted molar refractivity (Wildman–Crippen MR) is 128 cm³/mol. The zero-order valence-electron chi connectivity index (χ0n) is 21.6. The molecule has 7 nitrogen and oxygen atoms in total. The van der Waals surface area contributed by atoms with Gasteiger partial charge in [-0.2, -0.15) is 0 Å². The molecule has 0 aromatic rings. The fourth-order valence-electron chi connectivity index (χ4n) is 4.35. The Morgan fingerprint density at radius 3 is 2.22 bits per heavy atom. The molecule has 1 rings (SSSR count). The van der Waals surface area contributed by atoms with Crippen LogP contribution in [0.5, 0.6) is 0 Å². The lowest BCUT2D eigenvalue weighted by atomic mass is 9.90. The van der Waals surface area contributed by atoms with Crippen LogP contribution in [-0.2, 0) is 19.1 Å². The third-order valence-corrected chi connectivity index (χ3v) is 6.53. The predicted octanol–water partition coefficient (Wildman–Crippen LogP) is 3.24. The zero-order chi connectivity index (χ0) is 24.6. The van der Waals surface area contributed by atoms with E-state index in [4.69, 9.17) is 4.74 Å². The summed E-state index contributed by atoms with van der Waals surface area (Å²) in [6, 6.07) is -1.11. The molecule has 184 valence electrons. The van der Waals surface area contributed by atoms with Crippen molar-refractivity contribution in [2.45, 2.75) is 85.9 Å². The van der Waals surface area contributed by atoms with E-state index in [0.29, 0.717) is 18.1 Å². The second-order valence-corrected chi connectivity index (χ2v) is 9.79. The van der Waals surface area contributed by atoms with Crippen LogP contribution in [0.4, 0.5) is 0 Å². The highest BCUT2D eigenvalue weighted by molar-refractivity contribution is 5.91. The highest BCUT2D eigenvalue weighted by Crippen LogP contribution is 2.24. The van der Waals surface area contributed by atoms with Crippen LogP contribution in [0.15, 0.2) is 11.6 Å². The van der Waals surface area contributed by atoms with Crippen LogP contribution >= 0.6 is 0 Å². The molecule has 2 amide bonds. The van der Waals surface area contributed by atoms with E-state index in [9.17, 15) is 14.4 Å². The van der Waals surface area contributed by atoms with Crippen LogP contribution in [-0.4, -0.2) is 73.0 Å². The Balaban J connectivity index is 2.99. The van der Waals surface area contributed by atoms with Crippen molar-refractivity contribution in [2.24, 2.45) is 17.8 Å². The summed E-state index contributed by atoms with van der Waals surface area (Å²) in [4.78, 5) is 42.4. The molecule has 0 aromatic carbocycles. The van der Waals surface area contributed by atoms with Crippen LogP contribution in [0.3, 0.4) is 0 Å². The number of amides is 2. The minimum atomic E-state index is -0.623. The van der Waals surface area contributed by atoms with Crippen molar-refractivity contribution in [2.75, 3.05) is 27.2 Å². The standard InChI is InChI=1S/C25H45N3O4/c1-10-19-12-13-20(27(8)15-19)23(29)26-22(17(5)6)24(30)28(9)21(16(3)4)14-18(7)25(31)32-11-2/h14,16-17,19-22H,10-13,15H2,1-9H3,(H,26,29)/b18-14+/t19?,20-,21-,22?/m1/s1. The number of likely N-dealkylation sites (N-methyl/N-ethyl adjacent to an activating group) is 2. The molecule has 1 N–H and O–H groups in total. The van der Waals surface area contributed by atoms with Crippen LogP contribution in [0, 0.1) is 17.8 Å². The van der Waals surface area contributed by atoms with Crippen LogP contribution in [0.1, 0.15) is 67.7 Å².